The Morgan fingerprint density at radius 3 is 2.70 bits per heavy atom. The average molecular weight is 366 g/mol. The molecule has 0 bridgehead atoms. The summed E-state index contributed by atoms with van der Waals surface area (Å²) in [4.78, 5) is 14.8. The number of alkyl halides is 2. The zero-order chi connectivity index (χ0) is 18.5. The monoisotopic (exact) mass is 366 g/mol. The van der Waals surface area contributed by atoms with Crippen molar-refractivity contribution in [2.75, 3.05) is 11.9 Å². The van der Waals surface area contributed by atoms with E-state index in [-0.39, 0.29) is 11.6 Å². The van der Waals surface area contributed by atoms with Crippen LogP contribution < -0.4 is 5.32 Å². The number of hydrogen-bond acceptors (Lipinski definition) is 3. The summed E-state index contributed by atoms with van der Waals surface area (Å²) in [6.07, 6.45) is 4.50. The lowest BCUT2D eigenvalue weighted by atomic mass is 9.99. The average Bonchev–Trinajstić information content (AvgIpc) is 3.45. The van der Waals surface area contributed by atoms with Crippen LogP contribution in [0.3, 0.4) is 0 Å². The van der Waals surface area contributed by atoms with Gasteiger partial charge in [0.2, 0.25) is 0 Å². The van der Waals surface area contributed by atoms with Gasteiger partial charge in [0, 0.05) is 18.8 Å². The molecule has 1 N–H and O–H groups in total. The second kappa shape index (κ2) is 5.90. The highest BCUT2D eigenvalue weighted by atomic mass is 19.3. The highest BCUT2D eigenvalue weighted by Gasteiger charge is 2.31. The van der Waals surface area contributed by atoms with E-state index >= 15 is 0 Å². The standard InChI is InChI=1S/C20H16F2N4O/c21-18(22)17-9-16(13-5-6-13)24-19-15(10-23-26(17)19)20(27)25-8-7-12-3-1-2-4-14(12)11-25/h1-6,9-10,18,24H,7-8,11H2. The van der Waals surface area contributed by atoms with Crippen molar-refractivity contribution in [3.05, 3.63) is 76.7 Å². The van der Waals surface area contributed by atoms with Crippen LogP contribution in [0.5, 0.6) is 0 Å². The zero-order valence-corrected chi connectivity index (χ0v) is 14.3. The van der Waals surface area contributed by atoms with Crippen molar-refractivity contribution in [2.24, 2.45) is 0 Å². The number of nitrogens with zero attached hydrogens (tertiary/aromatic N) is 3. The summed E-state index contributed by atoms with van der Waals surface area (Å²) in [6.45, 7) is 1.10. The van der Waals surface area contributed by atoms with Gasteiger partial charge >= 0.3 is 0 Å². The van der Waals surface area contributed by atoms with E-state index < -0.39 is 6.43 Å². The number of allylic oxidation sites excluding steroid dienone is 5. The van der Waals surface area contributed by atoms with E-state index in [0.717, 1.165) is 22.2 Å². The Labute approximate surface area is 154 Å². The Morgan fingerprint density at radius 2 is 1.96 bits per heavy atom. The molecule has 7 heteroatoms. The quantitative estimate of drug-likeness (QED) is 0.886. The normalized spacial score (nSPS) is 17.4. The number of anilines is 1. The molecule has 0 fully saturated rings. The van der Waals surface area contributed by atoms with E-state index in [9.17, 15) is 13.6 Å². The Balaban J connectivity index is 1.49. The van der Waals surface area contributed by atoms with Gasteiger partial charge in [-0.15, -0.1) is 0 Å². The van der Waals surface area contributed by atoms with E-state index in [1.165, 1.54) is 17.8 Å². The summed E-state index contributed by atoms with van der Waals surface area (Å²) in [5, 5.41) is 7.14. The maximum atomic E-state index is 13.5. The van der Waals surface area contributed by atoms with Crippen LogP contribution in [-0.2, 0) is 13.0 Å². The van der Waals surface area contributed by atoms with Crippen LogP contribution in [0.2, 0.25) is 0 Å². The SMILES string of the molecule is O=C(c1cnn2c1NC(=C1C=C1)C=C2C(F)F)N1CCc2ccccc2C1. The maximum Gasteiger partial charge on any atom is 0.280 e. The van der Waals surface area contributed by atoms with Crippen LogP contribution in [0.1, 0.15) is 21.5 Å². The number of fused-ring (bicyclic) bond motifs is 2. The third kappa shape index (κ3) is 2.66. The van der Waals surface area contributed by atoms with Gasteiger partial charge in [-0.1, -0.05) is 36.4 Å². The summed E-state index contributed by atoms with van der Waals surface area (Å²) in [5.41, 5.74) is 3.85. The van der Waals surface area contributed by atoms with Crippen molar-refractivity contribution in [3.63, 3.8) is 0 Å². The summed E-state index contributed by atoms with van der Waals surface area (Å²) < 4.78 is 28.1. The summed E-state index contributed by atoms with van der Waals surface area (Å²) in [6, 6.07) is 8.03. The molecule has 0 spiro atoms. The molecule has 1 aromatic carbocycles. The van der Waals surface area contributed by atoms with Crippen LogP contribution in [0.25, 0.3) is 5.70 Å². The molecule has 0 radical (unpaired) electrons. The fourth-order valence-corrected chi connectivity index (χ4v) is 3.57. The van der Waals surface area contributed by atoms with Gasteiger partial charge in [-0.05, 0) is 29.2 Å². The molecular weight excluding hydrogens is 350 g/mol. The second-order valence-corrected chi connectivity index (χ2v) is 6.76. The van der Waals surface area contributed by atoms with Crippen LogP contribution in [0.15, 0.2) is 60.0 Å². The lowest BCUT2D eigenvalue weighted by Gasteiger charge is -2.29. The van der Waals surface area contributed by atoms with Crippen molar-refractivity contribution in [2.45, 2.75) is 19.4 Å². The van der Waals surface area contributed by atoms with Crippen molar-refractivity contribution < 1.29 is 13.6 Å². The zero-order valence-electron chi connectivity index (χ0n) is 14.3. The fourth-order valence-electron chi connectivity index (χ4n) is 3.57. The minimum atomic E-state index is -2.69. The van der Waals surface area contributed by atoms with Gasteiger partial charge in [0.15, 0.2) is 0 Å². The number of carbonyl (C=O) groups excluding carboxylic acids is 1. The third-order valence-electron chi connectivity index (χ3n) is 5.08. The molecule has 0 saturated heterocycles. The van der Waals surface area contributed by atoms with E-state index in [1.807, 2.05) is 30.4 Å². The highest BCUT2D eigenvalue weighted by molar-refractivity contribution is 6.00. The number of carbonyl (C=O) groups is 1. The van der Waals surface area contributed by atoms with Crippen LogP contribution in [0.4, 0.5) is 14.6 Å². The first-order valence-corrected chi connectivity index (χ1v) is 8.75. The van der Waals surface area contributed by atoms with Gasteiger partial charge in [-0.3, -0.25) is 4.79 Å². The Kier molecular flexibility index (Phi) is 3.50. The molecule has 2 aliphatic heterocycles. The number of hydrogen-bond donors (Lipinski definition) is 1. The molecule has 136 valence electrons. The fraction of sp³-hybridized carbons (Fsp3) is 0.200. The van der Waals surface area contributed by atoms with E-state index in [4.69, 9.17) is 0 Å². The molecule has 5 rings (SSSR count). The second-order valence-electron chi connectivity index (χ2n) is 6.76. The van der Waals surface area contributed by atoms with E-state index in [1.54, 1.807) is 4.90 Å². The van der Waals surface area contributed by atoms with E-state index in [2.05, 4.69) is 16.5 Å². The number of benzene rings is 1. The lowest BCUT2D eigenvalue weighted by molar-refractivity contribution is 0.0735. The first-order valence-electron chi connectivity index (χ1n) is 8.75. The Hall–Kier alpha value is -3.22. The number of nitrogens with one attached hydrogen (secondary N) is 1. The van der Waals surface area contributed by atoms with Gasteiger partial charge in [0.1, 0.15) is 17.1 Å². The molecule has 0 atom stereocenters. The summed E-state index contributed by atoms with van der Waals surface area (Å²) >= 11 is 0. The number of rotatable bonds is 2. The summed E-state index contributed by atoms with van der Waals surface area (Å²) in [5.74, 6) is 0.0923. The number of halogens is 2. The molecule has 3 heterocycles. The molecular formula is C20H16F2N4O. The lowest BCUT2D eigenvalue weighted by Crippen LogP contribution is -2.36. The first-order chi connectivity index (χ1) is 13.1. The highest BCUT2D eigenvalue weighted by Crippen LogP contribution is 2.34. The van der Waals surface area contributed by atoms with Crippen molar-refractivity contribution >= 4 is 17.4 Å². The molecule has 1 aromatic heterocycles. The number of amides is 1. The molecule has 1 aliphatic carbocycles. The van der Waals surface area contributed by atoms with E-state index in [0.29, 0.717) is 30.2 Å². The van der Waals surface area contributed by atoms with Gasteiger partial charge in [0.25, 0.3) is 12.3 Å². The van der Waals surface area contributed by atoms with Crippen LogP contribution in [0, 0.1) is 0 Å². The maximum absolute atomic E-state index is 13.5. The Bertz CT molecular complexity index is 1040. The van der Waals surface area contributed by atoms with Crippen molar-refractivity contribution in [3.8, 4) is 0 Å². The largest absolute Gasteiger partial charge is 0.339 e. The van der Waals surface area contributed by atoms with Crippen molar-refractivity contribution in [1.82, 2.24) is 14.7 Å². The molecule has 3 aliphatic rings. The smallest absolute Gasteiger partial charge is 0.280 e. The van der Waals surface area contributed by atoms with Gasteiger partial charge in [-0.25, -0.2) is 13.5 Å². The molecule has 27 heavy (non-hydrogen) atoms. The first kappa shape index (κ1) is 16.0. The molecule has 5 nitrogen and oxygen atoms in total. The van der Waals surface area contributed by atoms with Gasteiger partial charge < -0.3 is 10.2 Å². The predicted molar refractivity (Wildman–Crippen MR) is 97.2 cm³/mol. The minimum absolute atomic E-state index is 0.207. The van der Waals surface area contributed by atoms with Gasteiger partial charge in [0.05, 0.1) is 6.20 Å². The predicted octanol–water partition coefficient (Wildman–Crippen LogP) is 3.44. The topological polar surface area (TPSA) is 50.2 Å². The molecule has 1 amide bonds. The molecule has 0 unspecified atom stereocenters. The minimum Gasteiger partial charge on any atom is -0.339 e. The van der Waals surface area contributed by atoms with Gasteiger partial charge in [-0.2, -0.15) is 5.10 Å². The van der Waals surface area contributed by atoms with Crippen LogP contribution >= 0.6 is 0 Å². The Morgan fingerprint density at radius 1 is 1.19 bits per heavy atom. The molecule has 0 saturated carbocycles. The third-order valence-corrected chi connectivity index (χ3v) is 5.08. The van der Waals surface area contributed by atoms with Crippen LogP contribution in [-0.4, -0.2) is 33.6 Å². The van der Waals surface area contributed by atoms with Crippen molar-refractivity contribution in [1.29, 1.82) is 0 Å². The summed E-state index contributed by atoms with van der Waals surface area (Å²) in [7, 11) is 0. The number of aromatic nitrogens is 2. The molecule has 2 aromatic rings.